The minimum absolute atomic E-state index is 0.0659. The number of halogens is 1. The van der Waals surface area contributed by atoms with E-state index in [1.165, 1.54) is 26.0 Å². The molecule has 22 heavy (non-hydrogen) atoms. The highest BCUT2D eigenvalue weighted by molar-refractivity contribution is 6.30. The predicted molar refractivity (Wildman–Crippen MR) is 80.1 cm³/mol. The Balaban J connectivity index is 2.90. The molecule has 0 atom stereocenters. The second-order valence-electron chi connectivity index (χ2n) is 4.65. The molecular weight excluding hydrogens is 312 g/mol. The van der Waals surface area contributed by atoms with Crippen molar-refractivity contribution in [3.63, 3.8) is 0 Å². The van der Waals surface area contributed by atoms with Gasteiger partial charge in [-0.25, -0.2) is 4.57 Å². The predicted octanol–water partition coefficient (Wildman–Crippen LogP) is 2.62. The van der Waals surface area contributed by atoms with E-state index in [4.69, 9.17) is 11.6 Å². The van der Waals surface area contributed by atoms with Crippen molar-refractivity contribution in [3.8, 4) is 11.6 Å². The molecule has 0 aliphatic heterocycles. The first-order valence-corrected chi connectivity index (χ1v) is 6.52. The number of nitro benzene ring substituents is 1. The number of Topliss-reactive ketones (excluding diaryl/α,β-unsaturated/α-hetero) is 1. The summed E-state index contributed by atoms with van der Waals surface area (Å²) < 4.78 is 0.720. The number of aromatic nitrogens is 1. The number of ketones is 1. The lowest BCUT2D eigenvalue weighted by atomic mass is 10.1. The molecule has 7 nitrogen and oxygen atoms in total. The second-order valence-corrected chi connectivity index (χ2v) is 5.08. The topological polar surface area (TPSA) is 102 Å². The van der Waals surface area contributed by atoms with Crippen LogP contribution in [0.15, 0.2) is 29.1 Å². The van der Waals surface area contributed by atoms with E-state index in [-0.39, 0.29) is 16.3 Å². The van der Waals surface area contributed by atoms with Gasteiger partial charge in [-0.15, -0.1) is 0 Å². The van der Waals surface area contributed by atoms with Crippen molar-refractivity contribution in [2.75, 3.05) is 0 Å². The first kappa shape index (κ1) is 15.7. The summed E-state index contributed by atoms with van der Waals surface area (Å²) in [7, 11) is 0. The van der Waals surface area contributed by atoms with Gasteiger partial charge >= 0.3 is 0 Å². The van der Waals surface area contributed by atoms with Crippen LogP contribution in [0.3, 0.4) is 0 Å². The van der Waals surface area contributed by atoms with Crippen LogP contribution in [0.5, 0.6) is 5.88 Å². The highest BCUT2D eigenvalue weighted by atomic mass is 35.5. The molecule has 114 valence electrons. The quantitative estimate of drug-likeness (QED) is 0.531. The van der Waals surface area contributed by atoms with E-state index in [1.807, 2.05) is 0 Å². The molecule has 2 aromatic rings. The van der Waals surface area contributed by atoms with Crippen molar-refractivity contribution in [2.24, 2.45) is 0 Å². The summed E-state index contributed by atoms with van der Waals surface area (Å²) in [5.41, 5.74) is -1.08. The molecule has 1 aromatic heterocycles. The maximum absolute atomic E-state index is 12.1. The van der Waals surface area contributed by atoms with Crippen molar-refractivity contribution in [1.82, 2.24) is 4.57 Å². The van der Waals surface area contributed by atoms with Gasteiger partial charge < -0.3 is 5.11 Å². The van der Waals surface area contributed by atoms with Crippen LogP contribution in [0.1, 0.15) is 22.8 Å². The molecule has 1 N–H and O–H groups in total. The normalized spacial score (nSPS) is 10.5. The number of rotatable bonds is 3. The van der Waals surface area contributed by atoms with E-state index in [9.17, 15) is 24.8 Å². The second kappa shape index (κ2) is 5.61. The van der Waals surface area contributed by atoms with E-state index in [0.29, 0.717) is 5.56 Å². The van der Waals surface area contributed by atoms with Crippen LogP contribution >= 0.6 is 11.6 Å². The van der Waals surface area contributed by atoms with Crippen molar-refractivity contribution < 1.29 is 14.8 Å². The van der Waals surface area contributed by atoms with Gasteiger partial charge in [0.1, 0.15) is 5.69 Å². The molecule has 8 heteroatoms. The molecule has 0 unspecified atom stereocenters. The third-order valence-electron chi connectivity index (χ3n) is 3.12. The van der Waals surface area contributed by atoms with Gasteiger partial charge in [-0.2, -0.15) is 0 Å². The fourth-order valence-corrected chi connectivity index (χ4v) is 2.38. The zero-order valence-corrected chi connectivity index (χ0v) is 12.4. The zero-order valence-electron chi connectivity index (χ0n) is 11.7. The Bertz CT molecular complexity index is 857. The van der Waals surface area contributed by atoms with Crippen molar-refractivity contribution in [1.29, 1.82) is 0 Å². The highest BCUT2D eigenvalue weighted by Gasteiger charge is 2.23. The monoisotopic (exact) mass is 322 g/mol. The first-order chi connectivity index (χ1) is 10.2. The van der Waals surface area contributed by atoms with Crippen LogP contribution in [-0.2, 0) is 0 Å². The molecule has 1 aromatic carbocycles. The summed E-state index contributed by atoms with van der Waals surface area (Å²) in [5.74, 6) is -1.09. The Kier molecular flexibility index (Phi) is 4.01. The van der Waals surface area contributed by atoms with E-state index in [1.54, 1.807) is 0 Å². The number of hydrogen-bond donors (Lipinski definition) is 1. The van der Waals surface area contributed by atoms with Gasteiger partial charge in [0.2, 0.25) is 5.88 Å². The maximum atomic E-state index is 12.1. The van der Waals surface area contributed by atoms with Crippen LogP contribution in [0.2, 0.25) is 5.02 Å². The smallest absolute Gasteiger partial charge is 0.294 e. The lowest BCUT2D eigenvalue weighted by Gasteiger charge is -2.13. The molecule has 0 fully saturated rings. The number of carbonyl (C=O) groups excluding carboxylic acids is 1. The summed E-state index contributed by atoms with van der Waals surface area (Å²) in [5, 5.41) is 21.5. The highest BCUT2D eigenvalue weighted by Crippen LogP contribution is 2.30. The minimum Gasteiger partial charge on any atom is -0.494 e. The summed E-state index contributed by atoms with van der Waals surface area (Å²) in [4.78, 5) is 34.2. The lowest BCUT2D eigenvalue weighted by Crippen LogP contribution is -2.21. The van der Waals surface area contributed by atoms with Crippen molar-refractivity contribution >= 4 is 23.1 Å². The van der Waals surface area contributed by atoms with Gasteiger partial charge in [0.25, 0.3) is 11.2 Å². The minimum atomic E-state index is -0.722. The molecule has 0 aliphatic carbocycles. The Morgan fingerprint density at radius 1 is 1.36 bits per heavy atom. The van der Waals surface area contributed by atoms with Gasteiger partial charge in [-0.05, 0) is 31.5 Å². The van der Waals surface area contributed by atoms with Crippen LogP contribution in [-0.4, -0.2) is 20.4 Å². The Morgan fingerprint density at radius 2 is 2.00 bits per heavy atom. The molecule has 0 radical (unpaired) electrons. The zero-order chi connectivity index (χ0) is 16.6. The maximum Gasteiger partial charge on any atom is 0.294 e. The summed E-state index contributed by atoms with van der Waals surface area (Å²) >= 11 is 5.73. The fraction of sp³-hybridized carbons (Fsp3) is 0.143. The average Bonchev–Trinajstić information content (AvgIpc) is 2.38. The third kappa shape index (κ3) is 2.58. The molecule has 0 aliphatic rings. The molecule has 1 heterocycles. The van der Waals surface area contributed by atoms with Gasteiger partial charge in [0.05, 0.1) is 10.5 Å². The fourth-order valence-electron chi connectivity index (χ4n) is 2.21. The van der Waals surface area contributed by atoms with Gasteiger partial charge in [-0.1, -0.05) is 11.6 Å². The van der Waals surface area contributed by atoms with E-state index in [2.05, 4.69) is 0 Å². The molecule has 0 saturated carbocycles. The molecule has 0 bridgehead atoms. The standard InChI is InChI=1S/C14H11ClN2O5/c1-7-5-12(19)16(14(20)13(7)8(2)18)10-4-3-9(15)6-11(10)17(21)22/h3-6,20H,1-2H3. The lowest BCUT2D eigenvalue weighted by molar-refractivity contribution is -0.384. The number of nitrogens with zero attached hydrogens (tertiary/aromatic N) is 2. The number of carbonyl (C=O) groups is 1. The van der Waals surface area contributed by atoms with Gasteiger partial charge in [-0.3, -0.25) is 19.7 Å². The van der Waals surface area contributed by atoms with Crippen LogP contribution < -0.4 is 5.56 Å². The summed E-state index contributed by atoms with van der Waals surface area (Å²) in [6.07, 6.45) is 0. The Labute approximate surface area is 129 Å². The molecule has 0 spiro atoms. The number of aryl methyl sites for hydroxylation is 1. The number of pyridine rings is 1. The third-order valence-corrected chi connectivity index (χ3v) is 3.35. The number of hydrogen-bond acceptors (Lipinski definition) is 5. The average molecular weight is 323 g/mol. The van der Waals surface area contributed by atoms with Crippen LogP contribution in [0.4, 0.5) is 5.69 Å². The number of aromatic hydroxyl groups is 1. The van der Waals surface area contributed by atoms with Crippen molar-refractivity contribution in [3.05, 3.63) is 60.9 Å². The number of nitro groups is 1. The molecular formula is C14H11ClN2O5. The van der Waals surface area contributed by atoms with E-state index >= 15 is 0 Å². The first-order valence-electron chi connectivity index (χ1n) is 6.15. The summed E-state index contributed by atoms with van der Waals surface area (Å²) in [6.45, 7) is 2.73. The largest absolute Gasteiger partial charge is 0.494 e. The SMILES string of the molecule is CC(=O)c1c(C)cc(=O)n(-c2ccc(Cl)cc2[N+](=O)[O-])c1O. The van der Waals surface area contributed by atoms with Gasteiger partial charge in [0.15, 0.2) is 5.78 Å². The van der Waals surface area contributed by atoms with E-state index in [0.717, 1.165) is 16.7 Å². The van der Waals surface area contributed by atoms with Crippen LogP contribution in [0.25, 0.3) is 5.69 Å². The Hall–Kier alpha value is -2.67. The number of benzene rings is 1. The van der Waals surface area contributed by atoms with Gasteiger partial charge in [0, 0.05) is 17.2 Å². The Morgan fingerprint density at radius 3 is 2.55 bits per heavy atom. The van der Waals surface area contributed by atoms with Crippen molar-refractivity contribution in [2.45, 2.75) is 13.8 Å². The van der Waals surface area contributed by atoms with Crippen LogP contribution in [0, 0.1) is 17.0 Å². The summed E-state index contributed by atoms with van der Waals surface area (Å²) in [6, 6.07) is 4.79. The van der Waals surface area contributed by atoms with E-state index < -0.39 is 27.8 Å². The molecule has 0 amide bonds. The molecule has 2 rings (SSSR count). The molecule has 0 saturated heterocycles.